The molecule has 15 nitrogen and oxygen atoms in total. The predicted octanol–water partition coefficient (Wildman–Crippen LogP) is 7.47. The molecule has 3 fully saturated rings. The Hall–Kier alpha value is -4.93. The van der Waals surface area contributed by atoms with Gasteiger partial charge < -0.3 is 24.6 Å². The lowest BCUT2D eigenvalue weighted by molar-refractivity contribution is -0.163. The lowest BCUT2D eigenvalue weighted by Crippen LogP contribution is -2.61. The summed E-state index contributed by atoms with van der Waals surface area (Å²) in [6, 6.07) is 13.3. The van der Waals surface area contributed by atoms with Crippen LogP contribution in [-0.4, -0.2) is 115 Å². The molecular weight excluding hydrogens is 910 g/mol. The number of nitrogens with zero attached hydrogens (tertiary/aromatic N) is 4. The highest BCUT2D eigenvalue weighted by molar-refractivity contribution is 7.54. The van der Waals surface area contributed by atoms with E-state index in [0.29, 0.717) is 24.0 Å². The molecule has 66 heavy (non-hydrogen) atoms. The average molecular weight is 964 g/mol. The molecule has 4 heterocycles. The van der Waals surface area contributed by atoms with Crippen LogP contribution >= 0.6 is 18.9 Å². The summed E-state index contributed by atoms with van der Waals surface area (Å²) >= 11 is 0.875. The highest BCUT2D eigenvalue weighted by Crippen LogP contribution is 2.67. The van der Waals surface area contributed by atoms with Crippen molar-refractivity contribution in [3.63, 3.8) is 0 Å². The quantitative estimate of drug-likeness (QED) is 0.0729. The molecule has 3 saturated heterocycles. The van der Waals surface area contributed by atoms with E-state index in [-0.39, 0.29) is 48.3 Å². The lowest BCUT2D eigenvalue weighted by atomic mass is 9.90. The molecule has 3 aromatic rings. The summed E-state index contributed by atoms with van der Waals surface area (Å²) in [5.41, 5.74) is -6.56. The first kappa shape index (κ1) is 50.5. The number of ether oxygens (including phenoxy) is 2. The molecule has 2 aromatic carbocycles. The smallest absolute Gasteiger partial charge is 0.410 e. The molecule has 0 unspecified atom stereocenters. The van der Waals surface area contributed by atoms with E-state index in [2.05, 4.69) is 11.4 Å². The van der Waals surface area contributed by atoms with Crippen LogP contribution in [0.25, 0.3) is 10.1 Å². The van der Waals surface area contributed by atoms with Gasteiger partial charge in [-0.25, -0.2) is 8.78 Å². The number of fused-ring (bicyclic) bond motifs is 2. The Balaban J connectivity index is 1.23. The first-order valence-electron chi connectivity index (χ1n) is 21.5. The minimum absolute atomic E-state index is 0.0447. The van der Waals surface area contributed by atoms with Gasteiger partial charge in [-0.05, 0) is 90.0 Å². The van der Waals surface area contributed by atoms with E-state index >= 15 is 8.78 Å². The minimum Gasteiger partial charge on any atom is -0.438 e. The van der Waals surface area contributed by atoms with Crippen molar-refractivity contribution in [2.75, 3.05) is 46.3 Å². The van der Waals surface area contributed by atoms with Gasteiger partial charge in [-0.2, -0.15) is 14.0 Å². The predicted molar refractivity (Wildman–Crippen MR) is 233 cm³/mol. The summed E-state index contributed by atoms with van der Waals surface area (Å²) < 4.78 is 94.3. The molecule has 6 rings (SSSR count). The molecule has 3 aliphatic heterocycles. The molecule has 3 aliphatic rings. The number of hydrogen-bond acceptors (Lipinski definition) is 13. The number of benzene rings is 2. The lowest BCUT2D eigenvalue weighted by Gasteiger charge is -2.39. The normalized spacial score (nSPS) is 22.2. The van der Waals surface area contributed by atoms with Crippen LogP contribution in [0, 0.1) is 28.1 Å². The van der Waals surface area contributed by atoms with Gasteiger partial charge in [0.2, 0.25) is 25.4 Å². The number of carbonyl (C=O) groups excluding carboxylic acids is 5. The highest BCUT2D eigenvalue weighted by atomic mass is 32.1. The van der Waals surface area contributed by atoms with Crippen molar-refractivity contribution < 1.29 is 64.6 Å². The summed E-state index contributed by atoms with van der Waals surface area (Å²) in [6.07, 6.45) is -1.72. The number of carbonyl (C=O) groups is 5. The number of alkyl halides is 4. The van der Waals surface area contributed by atoms with E-state index < -0.39 is 104 Å². The molecule has 0 saturated carbocycles. The summed E-state index contributed by atoms with van der Waals surface area (Å²) in [5, 5.41) is 12.7. The van der Waals surface area contributed by atoms with E-state index in [9.17, 15) is 42.6 Å². The Morgan fingerprint density at radius 3 is 2.12 bits per heavy atom. The van der Waals surface area contributed by atoms with Crippen LogP contribution in [0.4, 0.5) is 17.6 Å². The number of rotatable bonds is 14. The topological polar surface area (TPSA) is 185 Å². The van der Waals surface area contributed by atoms with Gasteiger partial charge >= 0.3 is 25.2 Å². The third-order valence-electron chi connectivity index (χ3n) is 11.8. The van der Waals surface area contributed by atoms with Crippen LogP contribution in [0.15, 0.2) is 54.6 Å². The van der Waals surface area contributed by atoms with Crippen LogP contribution in [-0.2, 0) is 47.9 Å². The Labute approximate surface area is 384 Å². The molecule has 358 valence electrons. The van der Waals surface area contributed by atoms with Crippen molar-refractivity contribution >= 4 is 58.7 Å². The fourth-order valence-electron chi connectivity index (χ4n) is 8.17. The molecule has 0 bridgehead atoms. The maximum absolute atomic E-state index is 16.4. The Kier molecular flexibility index (Phi) is 15.4. The Morgan fingerprint density at radius 1 is 0.894 bits per heavy atom. The second-order valence-corrected chi connectivity index (χ2v) is 21.9. The van der Waals surface area contributed by atoms with Gasteiger partial charge in [0, 0.05) is 48.4 Å². The van der Waals surface area contributed by atoms with Crippen LogP contribution in [0.2, 0.25) is 0 Å². The SMILES string of the molecule is CC(C)(C)C(=O)OCOP(=O)(OCOC(=O)C(C)(C)C)C(F)(F)c1ccc2sc(C(=O)N[C@H]3CN(CC(F)F)CC[C@H]4CC[C@@H](C(=O)N5C[C@@H](C#N)[C@H](c6ccccc6)C5)N4C3=O)cc2c1. The van der Waals surface area contributed by atoms with Crippen LogP contribution < -0.4 is 5.32 Å². The van der Waals surface area contributed by atoms with Crippen molar-refractivity contribution in [1.82, 2.24) is 20.0 Å². The first-order chi connectivity index (χ1) is 30.9. The molecule has 0 radical (unpaired) electrons. The molecule has 1 N–H and O–H groups in total. The molecule has 0 aliphatic carbocycles. The minimum atomic E-state index is -5.66. The number of nitrogens with one attached hydrogen (secondary N) is 1. The van der Waals surface area contributed by atoms with E-state index in [0.717, 1.165) is 29.0 Å². The summed E-state index contributed by atoms with van der Waals surface area (Å²) in [6.45, 7) is 6.21. The van der Waals surface area contributed by atoms with Crippen molar-refractivity contribution in [2.45, 2.75) is 96.9 Å². The van der Waals surface area contributed by atoms with Crippen molar-refractivity contribution in [3.05, 3.63) is 70.6 Å². The zero-order valence-electron chi connectivity index (χ0n) is 37.5. The molecule has 21 heteroatoms. The number of likely N-dealkylation sites (tertiary alicyclic amines) is 1. The molecule has 0 spiro atoms. The molecule has 3 amide bonds. The third kappa shape index (κ3) is 11.2. The summed E-state index contributed by atoms with van der Waals surface area (Å²) in [4.78, 5) is 71.8. The molecular formula is C45H54F4N5O10PS. The fourth-order valence-corrected chi connectivity index (χ4v) is 10.4. The number of esters is 2. The van der Waals surface area contributed by atoms with Crippen molar-refractivity contribution in [1.29, 1.82) is 5.26 Å². The second kappa shape index (κ2) is 20.1. The zero-order chi connectivity index (χ0) is 48.4. The number of hydrogen-bond donors (Lipinski definition) is 1. The largest absolute Gasteiger partial charge is 0.438 e. The molecule has 1 aromatic heterocycles. The van der Waals surface area contributed by atoms with Gasteiger partial charge in [-0.1, -0.05) is 36.4 Å². The highest BCUT2D eigenvalue weighted by Gasteiger charge is 2.56. The molecule has 5 atom stereocenters. The fraction of sp³-hybridized carbons (Fsp3) is 0.556. The standard InChI is InChI=1S/C45H54F4N5O10PS/c1-43(2,3)41(58)61-25-63-65(60,64-26-62-42(59)44(4,5)6)45(48,49)30-12-15-35-28(18-30)19-36(66-35)38(55)51-33-23-52(24-37(46)47)17-16-31-13-14-34(54(31)39(33)56)40(57)53-21-29(20-50)32(22-53)27-10-8-7-9-11-27/h7-12,15,18-19,29,31-34,37H,13-14,16-17,21-26H2,1-6H3,(H,51,55)/t29-,31-,32+,33+,34+/m1/s1. The van der Waals surface area contributed by atoms with Gasteiger partial charge in [0.25, 0.3) is 12.3 Å². The zero-order valence-corrected chi connectivity index (χ0v) is 39.2. The van der Waals surface area contributed by atoms with Gasteiger partial charge in [0.05, 0.1) is 34.2 Å². The van der Waals surface area contributed by atoms with Gasteiger partial charge in [0.15, 0.2) is 0 Å². The van der Waals surface area contributed by atoms with Gasteiger partial charge in [-0.3, -0.25) is 42.5 Å². The van der Waals surface area contributed by atoms with E-state index in [1.54, 1.807) is 4.90 Å². The average Bonchev–Trinajstić information content (AvgIpc) is 4.00. The van der Waals surface area contributed by atoms with Gasteiger partial charge in [-0.15, -0.1) is 11.3 Å². The van der Waals surface area contributed by atoms with E-state index in [4.69, 9.17) is 18.5 Å². The van der Waals surface area contributed by atoms with Crippen molar-refractivity contribution in [3.8, 4) is 6.07 Å². The van der Waals surface area contributed by atoms with Gasteiger partial charge in [0.1, 0.15) is 12.1 Å². The number of thiophene rings is 1. The first-order valence-corrected chi connectivity index (χ1v) is 23.8. The summed E-state index contributed by atoms with van der Waals surface area (Å²) in [5.74, 6) is -4.22. The maximum atomic E-state index is 16.4. The third-order valence-corrected chi connectivity index (χ3v) is 14.7. The number of nitriles is 1. The van der Waals surface area contributed by atoms with E-state index in [1.165, 1.54) is 63.5 Å². The van der Waals surface area contributed by atoms with Crippen LogP contribution in [0.5, 0.6) is 0 Å². The van der Waals surface area contributed by atoms with Crippen LogP contribution in [0.3, 0.4) is 0 Å². The number of amides is 3. The Morgan fingerprint density at radius 2 is 1.53 bits per heavy atom. The Bertz CT molecular complexity index is 2350. The second-order valence-electron chi connectivity index (χ2n) is 18.7. The van der Waals surface area contributed by atoms with E-state index in [1.807, 2.05) is 30.3 Å². The summed E-state index contributed by atoms with van der Waals surface area (Å²) in [7, 11) is -5.66. The number of halogens is 4. The monoisotopic (exact) mass is 963 g/mol. The maximum Gasteiger partial charge on any atom is 0.410 e. The van der Waals surface area contributed by atoms with Crippen LogP contribution in [0.1, 0.15) is 87.5 Å². The van der Waals surface area contributed by atoms with Crippen molar-refractivity contribution in [2.24, 2.45) is 16.7 Å².